The number of hydrogen-bond donors (Lipinski definition) is 4. The molecule has 11 nitrogen and oxygen atoms in total. The molecular weight excluding hydrogens is 510 g/mol. The third-order valence-corrected chi connectivity index (χ3v) is 8.62. The summed E-state index contributed by atoms with van der Waals surface area (Å²) in [5.41, 5.74) is 1.95. The number of hydrogen-bond acceptors (Lipinski definition) is 9. The molecular formula is C26H37N5O6S. The van der Waals surface area contributed by atoms with Crippen LogP contribution < -0.4 is 10.3 Å². The Kier molecular flexibility index (Phi) is 9.45. The van der Waals surface area contributed by atoms with Crippen LogP contribution in [0.15, 0.2) is 27.9 Å². The van der Waals surface area contributed by atoms with Crippen molar-refractivity contribution in [1.82, 2.24) is 24.1 Å². The molecule has 0 saturated carbocycles. The minimum atomic E-state index is -1.48. The van der Waals surface area contributed by atoms with Crippen molar-refractivity contribution in [2.75, 3.05) is 32.9 Å². The lowest BCUT2D eigenvalue weighted by Gasteiger charge is -2.35. The van der Waals surface area contributed by atoms with E-state index >= 15 is 0 Å². The zero-order valence-corrected chi connectivity index (χ0v) is 22.9. The molecule has 0 spiro atoms. The van der Waals surface area contributed by atoms with Gasteiger partial charge >= 0.3 is 0 Å². The van der Waals surface area contributed by atoms with E-state index in [4.69, 9.17) is 9.72 Å². The van der Waals surface area contributed by atoms with E-state index in [1.54, 1.807) is 29.9 Å². The first-order valence-electron chi connectivity index (χ1n) is 13.1. The predicted molar refractivity (Wildman–Crippen MR) is 144 cm³/mol. The minimum absolute atomic E-state index is 0.0822. The fourth-order valence-corrected chi connectivity index (χ4v) is 6.30. The molecule has 208 valence electrons. The molecule has 12 heteroatoms. The molecule has 1 fully saturated rings. The third-order valence-electron chi connectivity index (χ3n) is 7.13. The Morgan fingerprint density at radius 2 is 1.95 bits per heavy atom. The quantitative estimate of drug-likeness (QED) is 0.260. The van der Waals surface area contributed by atoms with Crippen LogP contribution in [0.2, 0.25) is 0 Å². The van der Waals surface area contributed by atoms with Crippen LogP contribution in [0.3, 0.4) is 0 Å². The van der Waals surface area contributed by atoms with Gasteiger partial charge in [-0.15, -0.1) is 4.31 Å². The van der Waals surface area contributed by atoms with Gasteiger partial charge in [-0.3, -0.25) is 9.48 Å². The van der Waals surface area contributed by atoms with Crippen LogP contribution in [0.25, 0.3) is 22.4 Å². The molecule has 3 aromatic rings. The zero-order chi connectivity index (χ0) is 27.4. The lowest BCUT2D eigenvalue weighted by Crippen LogP contribution is -2.44. The SMILES string of the molecule is CCCc1nn(C)c2c(=O)[nH]c(-c3cc([S+]([O-])N4CCC(C(O)C(CO)CO)CC4)ccc3OCC)nc12. The standard InChI is InChI=1S/C26H37N5O6S/c1-4-6-20-22-23(30(3)29-20)26(35)28-25(27-22)19-13-18(7-8-21(19)37-5-2)38(36)31-11-9-16(10-12-31)24(34)17(14-32)15-33/h7-8,13,16-17,24,32-34H,4-6,9-12,14-15H2,1-3H3,(H,27,28,35). The molecule has 2 unspecified atom stereocenters. The third kappa shape index (κ3) is 5.75. The number of ether oxygens (including phenoxy) is 1. The number of benzene rings is 1. The molecule has 1 aromatic carbocycles. The number of nitrogens with zero attached hydrogens (tertiary/aromatic N) is 4. The molecule has 0 radical (unpaired) electrons. The number of aliphatic hydroxyl groups excluding tert-OH is 3. The maximum atomic E-state index is 13.5. The lowest BCUT2D eigenvalue weighted by atomic mass is 9.85. The van der Waals surface area contributed by atoms with Crippen molar-refractivity contribution < 1.29 is 24.6 Å². The minimum Gasteiger partial charge on any atom is -0.593 e. The molecule has 3 heterocycles. The smallest absolute Gasteiger partial charge is 0.277 e. The Morgan fingerprint density at radius 3 is 2.58 bits per heavy atom. The highest BCUT2D eigenvalue weighted by Crippen LogP contribution is 2.34. The number of aliphatic hydroxyl groups is 3. The van der Waals surface area contributed by atoms with Crippen LogP contribution in [0.4, 0.5) is 0 Å². The summed E-state index contributed by atoms with van der Waals surface area (Å²) >= 11 is -1.48. The van der Waals surface area contributed by atoms with Gasteiger partial charge < -0.3 is 29.6 Å². The highest BCUT2D eigenvalue weighted by molar-refractivity contribution is 7.89. The number of fused-ring (bicyclic) bond motifs is 1. The summed E-state index contributed by atoms with van der Waals surface area (Å²) in [6.45, 7) is 4.76. The van der Waals surface area contributed by atoms with Crippen LogP contribution in [-0.4, -0.2) is 82.9 Å². The molecule has 0 amide bonds. The van der Waals surface area contributed by atoms with Crippen LogP contribution in [-0.2, 0) is 24.8 Å². The van der Waals surface area contributed by atoms with Crippen molar-refractivity contribution in [3.05, 3.63) is 34.2 Å². The normalized spacial score (nSPS) is 16.8. The van der Waals surface area contributed by atoms with Gasteiger partial charge in [0.15, 0.2) is 10.4 Å². The van der Waals surface area contributed by atoms with Crippen LogP contribution in [0, 0.1) is 11.8 Å². The molecule has 1 saturated heterocycles. The van der Waals surface area contributed by atoms with E-state index in [0.717, 1.165) is 12.1 Å². The summed E-state index contributed by atoms with van der Waals surface area (Å²) in [4.78, 5) is 21.2. The summed E-state index contributed by atoms with van der Waals surface area (Å²) in [7, 11) is 1.73. The van der Waals surface area contributed by atoms with Crippen molar-refractivity contribution >= 4 is 22.4 Å². The van der Waals surface area contributed by atoms with Crippen LogP contribution >= 0.6 is 0 Å². The molecule has 4 N–H and O–H groups in total. The molecule has 2 aromatic heterocycles. The Morgan fingerprint density at radius 1 is 1.24 bits per heavy atom. The second-order valence-corrected chi connectivity index (χ2v) is 11.1. The monoisotopic (exact) mass is 547 g/mol. The van der Waals surface area contributed by atoms with Gasteiger partial charge in [-0.25, -0.2) is 4.98 Å². The largest absolute Gasteiger partial charge is 0.593 e. The van der Waals surface area contributed by atoms with E-state index in [1.807, 2.05) is 18.2 Å². The Balaban J connectivity index is 1.63. The molecule has 0 bridgehead atoms. The topological polar surface area (TPSA) is 160 Å². The van der Waals surface area contributed by atoms with E-state index in [1.165, 1.54) is 0 Å². The van der Waals surface area contributed by atoms with Gasteiger partial charge in [0.05, 0.1) is 48.5 Å². The summed E-state index contributed by atoms with van der Waals surface area (Å²) < 4.78 is 22.8. The first kappa shape index (κ1) is 28.5. The van der Waals surface area contributed by atoms with Gasteiger partial charge in [0.25, 0.3) is 5.56 Å². The number of H-pyrrole nitrogens is 1. The second kappa shape index (κ2) is 12.6. The molecule has 38 heavy (non-hydrogen) atoms. The van der Waals surface area contributed by atoms with E-state index in [-0.39, 0.29) is 24.7 Å². The highest BCUT2D eigenvalue weighted by Gasteiger charge is 2.35. The summed E-state index contributed by atoms with van der Waals surface area (Å²) in [5.74, 6) is 0.199. The van der Waals surface area contributed by atoms with Gasteiger partial charge in [0, 0.05) is 32.1 Å². The van der Waals surface area contributed by atoms with Crippen LogP contribution in [0.5, 0.6) is 5.75 Å². The van der Waals surface area contributed by atoms with Crippen LogP contribution in [0.1, 0.15) is 38.8 Å². The Bertz CT molecular complexity index is 1290. The molecule has 1 aliphatic rings. The average molecular weight is 548 g/mol. The number of rotatable bonds is 11. The first-order chi connectivity index (χ1) is 18.3. The molecule has 2 atom stereocenters. The highest BCUT2D eigenvalue weighted by atomic mass is 32.2. The van der Waals surface area contributed by atoms with Gasteiger partial charge in [0.1, 0.15) is 17.1 Å². The number of aromatic nitrogens is 4. The second-order valence-electron chi connectivity index (χ2n) is 9.65. The van der Waals surface area contributed by atoms with E-state index in [0.29, 0.717) is 72.0 Å². The number of aryl methyl sites for hydroxylation is 2. The van der Waals surface area contributed by atoms with Gasteiger partial charge in [-0.05, 0) is 44.2 Å². The average Bonchev–Trinajstić information content (AvgIpc) is 3.24. The van der Waals surface area contributed by atoms with Crippen molar-refractivity contribution in [2.45, 2.75) is 50.5 Å². The maximum Gasteiger partial charge on any atom is 0.277 e. The van der Waals surface area contributed by atoms with E-state index in [2.05, 4.69) is 10.1 Å². The van der Waals surface area contributed by atoms with Gasteiger partial charge in [-0.1, -0.05) is 13.3 Å². The van der Waals surface area contributed by atoms with Crippen molar-refractivity contribution in [3.63, 3.8) is 0 Å². The molecule has 4 rings (SSSR count). The Labute approximate surface area is 224 Å². The lowest BCUT2D eigenvalue weighted by molar-refractivity contribution is -0.0167. The maximum absolute atomic E-state index is 13.5. The van der Waals surface area contributed by atoms with Crippen molar-refractivity contribution in [2.24, 2.45) is 18.9 Å². The number of aromatic amines is 1. The van der Waals surface area contributed by atoms with Crippen molar-refractivity contribution in [3.8, 4) is 17.1 Å². The summed E-state index contributed by atoms with van der Waals surface area (Å²) in [5, 5.41) is 33.8. The van der Waals surface area contributed by atoms with E-state index in [9.17, 15) is 24.7 Å². The summed E-state index contributed by atoms with van der Waals surface area (Å²) in [6, 6.07) is 5.24. The molecule has 0 aliphatic carbocycles. The number of nitrogens with one attached hydrogen (secondary N) is 1. The zero-order valence-electron chi connectivity index (χ0n) is 22.1. The Hall–Kier alpha value is -2.48. The fraction of sp³-hybridized carbons (Fsp3) is 0.577. The predicted octanol–water partition coefficient (Wildman–Crippen LogP) is 1.37. The fourth-order valence-electron chi connectivity index (χ4n) is 5.05. The first-order valence-corrected chi connectivity index (χ1v) is 14.2. The van der Waals surface area contributed by atoms with Gasteiger partial charge in [0.2, 0.25) is 0 Å². The van der Waals surface area contributed by atoms with Gasteiger partial charge in [-0.2, -0.15) is 5.10 Å². The van der Waals surface area contributed by atoms with Crippen molar-refractivity contribution in [1.29, 1.82) is 0 Å². The molecule has 1 aliphatic heterocycles. The summed E-state index contributed by atoms with van der Waals surface area (Å²) in [6.07, 6.45) is 1.95. The van der Waals surface area contributed by atoms with E-state index < -0.39 is 23.4 Å². The number of piperidine rings is 1.